The number of ether oxygens (including phenoxy) is 1. The van der Waals surface area contributed by atoms with Crippen molar-refractivity contribution in [3.8, 4) is 5.88 Å². The van der Waals surface area contributed by atoms with Crippen LogP contribution < -0.4 is 10.2 Å². The van der Waals surface area contributed by atoms with Crippen LogP contribution in [-0.4, -0.2) is 20.3 Å². The first-order chi connectivity index (χ1) is 10.0. The van der Waals surface area contributed by atoms with Crippen LogP contribution in [-0.2, 0) is 6.61 Å². The van der Waals surface area contributed by atoms with Crippen LogP contribution in [0.25, 0.3) is 0 Å². The zero-order valence-electron chi connectivity index (χ0n) is 11.8. The maximum absolute atomic E-state index is 11.8. The van der Waals surface area contributed by atoms with Gasteiger partial charge in [-0.3, -0.25) is 10.0 Å². The van der Waals surface area contributed by atoms with E-state index in [1.165, 1.54) is 4.09 Å². The van der Waals surface area contributed by atoms with Gasteiger partial charge in [0.15, 0.2) is 0 Å². The third-order valence-electron chi connectivity index (χ3n) is 3.10. The number of benzene rings is 1. The predicted octanol–water partition coefficient (Wildman–Crippen LogP) is 2.40. The number of carbonyl (C=O) groups excluding carboxylic acids is 1. The van der Waals surface area contributed by atoms with E-state index in [0.717, 1.165) is 11.1 Å². The lowest BCUT2D eigenvalue weighted by Crippen LogP contribution is -2.22. The molecule has 112 valence electrons. The molecule has 7 heteroatoms. The highest BCUT2D eigenvalue weighted by Crippen LogP contribution is 2.24. The van der Waals surface area contributed by atoms with Crippen LogP contribution in [0.15, 0.2) is 30.5 Å². The Morgan fingerprint density at radius 1 is 1.48 bits per heavy atom. The van der Waals surface area contributed by atoms with Gasteiger partial charge in [-0.2, -0.15) is 0 Å². The Morgan fingerprint density at radius 2 is 2.24 bits per heavy atom. The number of nitrogens with one attached hydrogen (secondary N) is 1. The third-order valence-corrected chi connectivity index (χ3v) is 3.32. The Hall–Kier alpha value is -1.99. The average molecular weight is 307 g/mol. The van der Waals surface area contributed by atoms with Gasteiger partial charge in [0, 0.05) is 23.4 Å². The molecule has 0 saturated heterocycles. The summed E-state index contributed by atoms with van der Waals surface area (Å²) in [6.45, 7) is 4.24. The molecule has 1 aromatic heterocycles. The highest BCUT2D eigenvalue weighted by atomic mass is 32.1. The number of hydrogen-bond acceptors (Lipinski definition) is 5. The molecule has 0 aliphatic carbocycles. The van der Waals surface area contributed by atoms with E-state index in [2.05, 4.69) is 17.9 Å². The summed E-state index contributed by atoms with van der Waals surface area (Å²) in [5, 5.41) is 12.9. The molecule has 0 aliphatic heterocycles. The summed E-state index contributed by atoms with van der Waals surface area (Å²) < 4.78 is 6.93. The second-order valence-electron chi connectivity index (χ2n) is 4.83. The van der Waals surface area contributed by atoms with E-state index in [0.29, 0.717) is 11.4 Å². The average Bonchev–Trinajstić information content (AvgIpc) is 2.89. The van der Waals surface area contributed by atoms with Gasteiger partial charge in [-0.1, -0.05) is 26.0 Å². The van der Waals surface area contributed by atoms with Crippen molar-refractivity contribution in [1.29, 1.82) is 0 Å². The largest absolute Gasteiger partial charge is 0.472 e. The molecule has 0 unspecified atom stereocenters. The highest BCUT2D eigenvalue weighted by Gasteiger charge is 2.17. The topological polar surface area (TPSA) is 76.4 Å². The summed E-state index contributed by atoms with van der Waals surface area (Å²) in [5.74, 6) is 0.0761. The molecular formula is C14H17N3O3S. The van der Waals surface area contributed by atoms with Crippen LogP contribution in [0.2, 0.25) is 0 Å². The van der Waals surface area contributed by atoms with Crippen molar-refractivity contribution >= 4 is 18.7 Å². The Labute approximate surface area is 128 Å². The Balaban J connectivity index is 2.32. The van der Waals surface area contributed by atoms with E-state index in [1.54, 1.807) is 29.9 Å². The Morgan fingerprint density at radius 3 is 2.81 bits per heavy atom. The number of amides is 1. The van der Waals surface area contributed by atoms with Gasteiger partial charge in [0.05, 0.1) is 0 Å². The molecule has 2 rings (SSSR count). The van der Waals surface area contributed by atoms with Gasteiger partial charge in [0.25, 0.3) is 5.91 Å². The third kappa shape index (κ3) is 3.56. The van der Waals surface area contributed by atoms with Crippen molar-refractivity contribution in [3.63, 3.8) is 0 Å². The first-order valence-electron chi connectivity index (χ1n) is 6.47. The van der Waals surface area contributed by atoms with E-state index in [-0.39, 0.29) is 12.5 Å². The van der Waals surface area contributed by atoms with E-state index in [1.807, 2.05) is 19.9 Å². The highest BCUT2D eigenvalue weighted by molar-refractivity contribution is 7.78. The molecule has 6 nitrogen and oxygen atoms in total. The molecule has 0 bridgehead atoms. The summed E-state index contributed by atoms with van der Waals surface area (Å²) in [6, 6.07) is 7.05. The summed E-state index contributed by atoms with van der Waals surface area (Å²) in [7, 11) is 0. The molecule has 0 atom stereocenters. The number of hydroxylamine groups is 1. The van der Waals surface area contributed by atoms with Crippen molar-refractivity contribution in [2.24, 2.45) is 0 Å². The SMILES string of the molecule is CC(C)c1cccc(C(=O)NO)c1COc1ccn(S)n1. The van der Waals surface area contributed by atoms with Crippen LogP contribution >= 0.6 is 12.8 Å². The number of hydrogen-bond donors (Lipinski definition) is 3. The summed E-state index contributed by atoms with van der Waals surface area (Å²) in [4.78, 5) is 11.8. The standard InChI is InChI=1S/C14H17N3O3S/c1-9(2)10-4-3-5-11(14(18)16-19)12(10)8-20-13-6-7-17(21)15-13/h3-7,9,19,21H,8H2,1-2H3,(H,16,18). The molecule has 0 spiro atoms. The molecule has 1 aromatic carbocycles. The van der Waals surface area contributed by atoms with Gasteiger partial charge >= 0.3 is 0 Å². The van der Waals surface area contributed by atoms with E-state index in [9.17, 15) is 4.79 Å². The van der Waals surface area contributed by atoms with Crippen molar-refractivity contribution < 1.29 is 14.7 Å². The van der Waals surface area contributed by atoms with Crippen LogP contribution in [0.5, 0.6) is 5.88 Å². The molecule has 0 radical (unpaired) electrons. The minimum Gasteiger partial charge on any atom is -0.472 e. The molecule has 0 fully saturated rings. The van der Waals surface area contributed by atoms with Crippen molar-refractivity contribution in [3.05, 3.63) is 47.2 Å². The lowest BCUT2D eigenvalue weighted by molar-refractivity contribution is 0.0703. The number of nitrogens with zero attached hydrogens (tertiary/aromatic N) is 2. The number of aromatic nitrogens is 2. The van der Waals surface area contributed by atoms with Crippen LogP contribution in [0, 0.1) is 0 Å². The second-order valence-corrected chi connectivity index (χ2v) is 5.24. The summed E-state index contributed by atoms with van der Waals surface area (Å²) in [6.07, 6.45) is 1.65. The van der Waals surface area contributed by atoms with Crippen molar-refractivity contribution in [2.75, 3.05) is 0 Å². The van der Waals surface area contributed by atoms with Crippen molar-refractivity contribution in [1.82, 2.24) is 14.7 Å². The molecule has 2 aromatic rings. The van der Waals surface area contributed by atoms with Gasteiger partial charge in [0.2, 0.25) is 5.88 Å². The van der Waals surface area contributed by atoms with Gasteiger partial charge in [-0.15, -0.1) is 5.10 Å². The fourth-order valence-electron chi connectivity index (χ4n) is 2.10. The quantitative estimate of drug-likeness (QED) is 0.450. The van der Waals surface area contributed by atoms with Crippen LogP contribution in [0.3, 0.4) is 0 Å². The molecular weight excluding hydrogens is 290 g/mol. The summed E-state index contributed by atoms with van der Waals surface area (Å²) >= 11 is 4.03. The fraction of sp³-hybridized carbons (Fsp3) is 0.286. The Kier molecular flexibility index (Phi) is 4.87. The van der Waals surface area contributed by atoms with Gasteiger partial charge in [-0.25, -0.2) is 9.57 Å². The second kappa shape index (κ2) is 6.64. The summed E-state index contributed by atoms with van der Waals surface area (Å²) in [5.41, 5.74) is 3.76. The van der Waals surface area contributed by atoms with E-state index >= 15 is 0 Å². The first kappa shape index (κ1) is 15.4. The molecule has 0 saturated carbocycles. The normalized spacial score (nSPS) is 10.7. The van der Waals surface area contributed by atoms with Gasteiger partial charge in [0.1, 0.15) is 6.61 Å². The van der Waals surface area contributed by atoms with Gasteiger partial charge < -0.3 is 4.74 Å². The van der Waals surface area contributed by atoms with Gasteiger partial charge in [-0.05, 0) is 30.4 Å². The number of carbonyl (C=O) groups is 1. The van der Waals surface area contributed by atoms with Crippen LogP contribution in [0.4, 0.5) is 0 Å². The lowest BCUT2D eigenvalue weighted by atomic mass is 9.93. The predicted molar refractivity (Wildman–Crippen MR) is 80.7 cm³/mol. The van der Waals surface area contributed by atoms with Crippen molar-refractivity contribution in [2.45, 2.75) is 26.4 Å². The molecule has 0 aliphatic rings. The smallest absolute Gasteiger partial charge is 0.275 e. The Bertz CT molecular complexity index is 640. The minimum atomic E-state index is -0.559. The van der Waals surface area contributed by atoms with Crippen LogP contribution in [0.1, 0.15) is 41.3 Å². The monoisotopic (exact) mass is 307 g/mol. The lowest BCUT2D eigenvalue weighted by Gasteiger charge is -2.16. The molecule has 1 amide bonds. The molecule has 21 heavy (non-hydrogen) atoms. The number of thiol groups is 1. The molecule has 2 N–H and O–H groups in total. The van der Waals surface area contributed by atoms with E-state index < -0.39 is 5.91 Å². The zero-order valence-corrected chi connectivity index (χ0v) is 12.7. The minimum absolute atomic E-state index is 0.182. The maximum Gasteiger partial charge on any atom is 0.275 e. The maximum atomic E-state index is 11.8. The first-order valence-corrected chi connectivity index (χ1v) is 6.87. The van der Waals surface area contributed by atoms with E-state index in [4.69, 9.17) is 9.94 Å². The number of rotatable bonds is 5. The molecule has 1 heterocycles. The zero-order chi connectivity index (χ0) is 15.4. The fourth-order valence-corrected chi connectivity index (χ4v) is 2.26.